The molecular weight excluding hydrogens is 427 g/mol. The molecule has 160 valence electrons. The highest BCUT2D eigenvalue weighted by molar-refractivity contribution is 8.01. The van der Waals surface area contributed by atoms with E-state index < -0.39 is 5.25 Å². The third kappa shape index (κ3) is 4.22. The van der Waals surface area contributed by atoms with Crippen LogP contribution in [-0.4, -0.2) is 27.0 Å². The number of anilines is 2. The fourth-order valence-corrected chi connectivity index (χ4v) is 4.76. The first-order valence-electron chi connectivity index (χ1n) is 10.1. The zero-order valence-electron chi connectivity index (χ0n) is 16.9. The SMILES string of the molecule is O=C(CC1Sc2ccccc2NC1=O)Nc1ccc2nc(Cc3ccccc3F)[nH]c2c1. The van der Waals surface area contributed by atoms with Gasteiger partial charge >= 0.3 is 0 Å². The third-order valence-corrected chi connectivity index (χ3v) is 6.48. The lowest BCUT2D eigenvalue weighted by molar-refractivity contribution is -0.120. The van der Waals surface area contributed by atoms with E-state index in [4.69, 9.17) is 0 Å². The maximum atomic E-state index is 13.9. The second-order valence-corrected chi connectivity index (χ2v) is 8.77. The van der Waals surface area contributed by atoms with Gasteiger partial charge in [-0.25, -0.2) is 9.37 Å². The molecule has 2 heterocycles. The second-order valence-electron chi connectivity index (χ2n) is 7.53. The van der Waals surface area contributed by atoms with E-state index in [2.05, 4.69) is 20.6 Å². The van der Waals surface area contributed by atoms with E-state index >= 15 is 0 Å². The van der Waals surface area contributed by atoms with E-state index in [1.165, 1.54) is 17.8 Å². The maximum absolute atomic E-state index is 13.9. The highest BCUT2D eigenvalue weighted by Gasteiger charge is 2.28. The number of rotatable bonds is 5. The number of fused-ring (bicyclic) bond motifs is 2. The van der Waals surface area contributed by atoms with Gasteiger partial charge in [0.15, 0.2) is 0 Å². The number of aromatic nitrogens is 2. The van der Waals surface area contributed by atoms with Gasteiger partial charge in [-0.1, -0.05) is 30.3 Å². The molecule has 5 rings (SSSR count). The van der Waals surface area contributed by atoms with Crippen molar-refractivity contribution in [3.05, 3.63) is 83.9 Å². The second kappa shape index (κ2) is 8.47. The van der Waals surface area contributed by atoms with Crippen LogP contribution < -0.4 is 10.6 Å². The van der Waals surface area contributed by atoms with E-state index in [9.17, 15) is 14.0 Å². The Morgan fingerprint density at radius 2 is 1.91 bits per heavy atom. The number of nitrogens with one attached hydrogen (secondary N) is 3. The first kappa shape index (κ1) is 20.3. The molecule has 1 unspecified atom stereocenters. The molecule has 8 heteroatoms. The van der Waals surface area contributed by atoms with Crippen molar-refractivity contribution in [1.82, 2.24) is 9.97 Å². The molecule has 1 atom stereocenters. The van der Waals surface area contributed by atoms with Crippen molar-refractivity contribution < 1.29 is 14.0 Å². The Kier molecular flexibility index (Phi) is 5.36. The predicted molar refractivity (Wildman–Crippen MR) is 123 cm³/mol. The Bertz CT molecular complexity index is 1340. The van der Waals surface area contributed by atoms with Crippen molar-refractivity contribution in [3.8, 4) is 0 Å². The number of para-hydroxylation sites is 1. The molecule has 3 aromatic carbocycles. The molecule has 32 heavy (non-hydrogen) atoms. The third-order valence-electron chi connectivity index (χ3n) is 5.21. The van der Waals surface area contributed by atoms with Gasteiger partial charge in [-0.2, -0.15) is 0 Å². The van der Waals surface area contributed by atoms with E-state index in [0.29, 0.717) is 23.5 Å². The first-order chi connectivity index (χ1) is 15.5. The van der Waals surface area contributed by atoms with Crippen LogP contribution in [0.1, 0.15) is 17.8 Å². The summed E-state index contributed by atoms with van der Waals surface area (Å²) in [6.07, 6.45) is 0.406. The van der Waals surface area contributed by atoms with Gasteiger partial charge in [0.25, 0.3) is 0 Å². The van der Waals surface area contributed by atoms with Crippen LogP contribution in [0.4, 0.5) is 15.8 Å². The lowest BCUT2D eigenvalue weighted by Gasteiger charge is -2.23. The zero-order chi connectivity index (χ0) is 22.1. The molecule has 1 aromatic heterocycles. The van der Waals surface area contributed by atoms with Gasteiger partial charge in [-0.3, -0.25) is 9.59 Å². The fourth-order valence-electron chi connectivity index (χ4n) is 3.65. The number of benzene rings is 3. The lowest BCUT2D eigenvalue weighted by atomic mass is 10.1. The summed E-state index contributed by atoms with van der Waals surface area (Å²) < 4.78 is 13.9. The van der Waals surface area contributed by atoms with Crippen molar-refractivity contribution in [1.29, 1.82) is 0 Å². The molecule has 0 spiro atoms. The highest BCUT2D eigenvalue weighted by Crippen LogP contribution is 2.36. The number of imidazole rings is 1. The molecule has 2 amide bonds. The van der Waals surface area contributed by atoms with Crippen LogP contribution in [0.3, 0.4) is 0 Å². The average molecular weight is 447 g/mol. The van der Waals surface area contributed by atoms with Crippen LogP contribution in [-0.2, 0) is 16.0 Å². The standard InChI is InChI=1S/C24H19FN4O2S/c25-16-6-2-1-5-14(16)11-22-27-17-10-9-15(12-19(17)28-22)26-23(30)13-21-24(31)29-18-7-3-4-8-20(18)32-21/h1-10,12,21H,11,13H2,(H,26,30)(H,27,28)(H,29,31). The van der Waals surface area contributed by atoms with Crippen molar-refractivity contribution in [2.75, 3.05) is 10.6 Å². The van der Waals surface area contributed by atoms with Crippen molar-refractivity contribution >= 4 is 46.0 Å². The minimum Gasteiger partial charge on any atom is -0.342 e. The molecule has 0 bridgehead atoms. The molecule has 3 N–H and O–H groups in total. The van der Waals surface area contributed by atoms with Crippen molar-refractivity contribution in [2.24, 2.45) is 0 Å². The number of amides is 2. The summed E-state index contributed by atoms with van der Waals surface area (Å²) in [6, 6.07) is 19.5. The Morgan fingerprint density at radius 1 is 1.09 bits per heavy atom. The Hall–Kier alpha value is -3.65. The summed E-state index contributed by atoms with van der Waals surface area (Å²) >= 11 is 1.39. The summed E-state index contributed by atoms with van der Waals surface area (Å²) in [5, 5.41) is 5.21. The lowest BCUT2D eigenvalue weighted by Crippen LogP contribution is -2.32. The monoisotopic (exact) mass is 446 g/mol. The van der Waals surface area contributed by atoms with Crippen LogP contribution in [0.2, 0.25) is 0 Å². The fraction of sp³-hybridized carbons (Fsp3) is 0.125. The molecule has 0 saturated carbocycles. The summed E-state index contributed by atoms with van der Waals surface area (Å²) in [4.78, 5) is 33.6. The van der Waals surface area contributed by atoms with Gasteiger partial charge in [0, 0.05) is 23.4 Å². The van der Waals surface area contributed by atoms with Gasteiger partial charge in [-0.15, -0.1) is 11.8 Å². The van der Waals surface area contributed by atoms with E-state index in [-0.39, 0.29) is 24.1 Å². The number of carbonyl (C=O) groups is 2. The van der Waals surface area contributed by atoms with E-state index in [1.54, 1.807) is 36.4 Å². The molecule has 1 aliphatic rings. The Morgan fingerprint density at radius 3 is 2.78 bits per heavy atom. The number of nitrogens with zero attached hydrogens (tertiary/aromatic N) is 1. The van der Waals surface area contributed by atoms with Gasteiger partial charge in [0.2, 0.25) is 11.8 Å². The number of carbonyl (C=O) groups excluding carboxylic acids is 2. The molecule has 0 radical (unpaired) electrons. The zero-order valence-corrected chi connectivity index (χ0v) is 17.7. The number of thioether (sulfide) groups is 1. The van der Waals surface area contributed by atoms with Crippen molar-refractivity contribution in [2.45, 2.75) is 23.0 Å². The van der Waals surface area contributed by atoms with Gasteiger partial charge in [-0.05, 0) is 42.0 Å². The Balaban J connectivity index is 1.26. The summed E-state index contributed by atoms with van der Waals surface area (Å²) in [6.45, 7) is 0. The summed E-state index contributed by atoms with van der Waals surface area (Å²) in [5.74, 6) is -0.0520. The smallest absolute Gasteiger partial charge is 0.238 e. The number of halogens is 1. The van der Waals surface area contributed by atoms with Crippen LogP contribution in [0.15, 0.2) is 71.6 Å². The van der Waals surface area contributed by atoms with Crippen LogP contribution >= 0.6 is 11.8 Å². The minimum atomic E-state index is -0.492. The molecular formula is C24H19FN4O2S. The van der Waals surface area contributed by atoms with Crippen LogP contribution in [0, 0.1) is 5.82 Å². The van der Waals surface area contributed by atoms with E-state index in [1.807, 2.05) is 24.3 Å². The molecule has 0 saturated heterocycles. The van der Waals surface area contributed by atoms with Crippen molar-refractivity contribution in [3.63, 3.8) is 0 Å². The molecule has 6 nitrogen and oxygen atoms in total. The number of hydrogen-bond acceptors (Lipinski definition) is 4. The summed E-state index contributed by atoms with van der Waals surface area (Å²) in [5.41, 5.74) is 3.41. The Labute approximate surface area is 187 Å². The average Bonchev–Trinajstić information content (AvgIpc) is 3.17. The normalized spacial score (nSPS) is 15.3. The highest BCUT2D eigenvalue weighted by atomic mass is 32.2. The topological polar surface area (TPSA) is 86.9 Å². The minimum absolute atomic E-state index is 0.0599. The molecule has 0 aliphatic carbocycles. The molecule has 1 aliphatic heterocycles. The van der Waals surface area contributed by atoms with Gasteiger partial charge in [0.1, 0.15) is 11.6 Å². The van der Waals surface area contributed by atoms with E-state index in [0.717, 1.165) is 21.6 Å². The number of hydrogen-bond donors (Lipinski definition) is 3. The maximum Gasteiger partial charge on any atom is 0.238 e. The summed E-state index contributed by atoms with van der Waals surface area (Å²) in [7, 11) is 0. The van der Waals surface area contributed by atoms with Crippen LogP contribution in [0.5, 0.6) is 0 Å². The largest absolute Gasteiger partial charge is 0.342 e. The molecule has 0 fully saturated rings. The van der Waals surface area contributed by atoms with Crippen LogP contribution in [0.25, 0.3) is 11.0 Å². The van der Waals surface area contributed by atoms with Gasteiger partial charge in [0.05, 0.1) is 22.0 Å². The van der Waals surface area contributed by atoms with Gasteiger partial charge < -0.3 is 15.6 Å². The number of H-pyrrole nitrogens is 1. The quantitative estimate of drug-likeness (QED) is 0.414. The molecule has 4 aromatic rings. The predicted octanol–water partition coefficient (Wildman–Crippen LogP) is 4.73. The first-order valence-corrected chi connectivity index (χ1v) is 11.0. The number of aromatic amines is 1.